The van der Waals surface area contributed by atoms with Gasteiger partial charge in [-0.2, -0.15) is 0 Å². The van der Waals surface area contributed by atoms with E-state index in [0.717, 1.165) is 27.6 Å². The number of halogens is 1. The van der Waals surface area contributed by atoms with Gasteiger partial charge in [0, 0.05) is 23.1 Å². The molecule has 0 aliphatic carbocycles. The van der Waals surface area contributed by atoms with Crippen LogP contribution in [0, 0.1) is 5.82 Å². The summed E-state index contributed by atoms with van der Waals surface area (Å²) in [6.07, 6.45) is -0.142. The number of hydrogen-bond donors (Lipinski definition) is 2. The fourth-order valence-corrected chi connectivity index (χ4v) is 4.97. The van der Waals surface area contributed by atoms with Crippen molar-refractivity contribution in [2.45, 2.75) is 13.0 Å². The number of anilines is 2. The van der Waals surface area contributed by atoms with Crippen LogP contribution in [0.4, 0.5) is 15.2 Å². The van der Waals surface area contributed by atoms with E-state index in [-0.39, 0.29) is 24.7 Å². The number of aliphatic carboxylic acids is 1. The molecule has 0 fully saturated rings. The predicted octanol–water partition coefficient (Wildman–Crippen LogP) is 6.65. The van der Waals surface area contributed by atoms with Crippen molar-refractivity contribution >= 4 is 44.8 Å². The molecule has 0 saturated heterocycles. The van der Waals surface area contributed by atoms with Gasteiger partial charge in [0.1, 0.15) is 5.82 Å². The Labute approximate surface area is 223 Å². The van der Waals surface area contributed by atoms with Gasteiger partial charge in [0.05, 0.1) is 24.3 Å². The number of benzene rings is 4. The third kappa shape index (κ3) is 5.71. The van der Waals surface area contributed by atoms with Crippen molar-refractivity contribution in [3.63, 3.8) is 0 Å². The second-order valence-corrected chi connectivity index (χ2v) is 9.55. The van der Waals surface area contributed by atoms with Crippen LogP contribution in [-0.4, -0.2) is 28.5 Å². The highest BCUT2D eigenvalue weighted by atomic mass is 32.1. The molecule has 1 heterocycles. The number of carbonyl (C=O) groups is 2. The van der Waals surface area contributed by atoms with E-state index in [1.54, 1.807) is 42.5 Å². The van der Waals surface area contributed by atoms with Gasteiger partial charge in [-0.05, 0) is 46.7 Å². The van der Waals surface area contributed by atoms with E-state index in [4.69, 9.17) is 10.1 Å². The van der Waals surface area contributed by atoms with Gasteiger partial charge in [-0.1, -0.05) is 60.7 Å². The van der Waals surface area contributed by atoms with Gasteiger partial charge in [-0.3, -0.25) is 9.59 Å². The first-order chi connectivity index (χ1) is 18.5. The molecular formula is C30H24FN3O3S. The lowest BCUT2D eigenvalue weighted by molar-refractivity contribution is -0.136. The highest BCUT2D eigenvalue weighted by molar-refractivity contribution is 7.14. The molecule has 5 rings (SSSR count). The summed E-state index contributed by atoms with van der Waals surface area (Å²) in [7, 11) is 0. The van der Waals surface area contributed by atoms with Crippen molar-refractivity contribution in [3.05, 3.63) is 113 Å². The van der Waals surface area contributed by atoms with E-state index < -0.39 is 5.97 Å². The first-order valence-corrected chi connectivity index (χ1v) is 12.9. The number of carboxylic acid groups (broad SMARTS) is 1. The Morgan fingerprint density at radius 3 is 2.42 bits per heavy atom. The van der Waals surface area contributed by atoms with Crippen LogP contribution in [0.1, 0.15) is 22.3 Å². The Hall–Kier alpha value is -4.56. The highest BCUT2D eigenvalue weighted by Crippen LogP contribution is 2.35. The smallest absolute Gasteiger partial charge is 0.305 e. The molecule has 38 heavy (non-hydrogen) atoms. The second kappa shape index (κ2) is 11.2. The number of carboxylic acids is 1. The number of para-hydroxylation sites is 1. The largest absolute Gasteiger partial charge is 0.481 e. The van der Waals surface area contributed by atoms with E-state index in [1.807, 2.05) is 28.5 Å². The van der Waals surface area contributed by atoms with Gasteiger partial charge in [-0.25, -0.2) is 9.37 Å². The van der Waals surface area contributed by atoms with Crippen LogP contribution in [0.25, 0.3) is 22.0 Å². The number of aromatic nitrogens is 1. The lowest BCUT2D eigenvalue weighted by Gasteiger charge is -2.23. The molecule has 0 saturated carbocycles. The minimum atomic E-state index is -0.972. The SMILES string of the molecule is O=C(O)CCNC(=O)c1ccc(CN(c2nc(-c3ccc4ccccc4c3)cs2)c2ccccc2F)cc1. The van der Waals surface area contributed by atoms with Gasteiger partial charge in [0.25, 0.3) is 5.91 Å². The zero-order valence-electron chi connectivity index (χ0n) is 20.3. The van der Waals surface area contributed by atoms with Gasteiger partial charge in [0.2, 0.25) is 0 Å². The number of fused-ring (bicyclic) bond motifs is 1. The van der Waals surface area contributed by atoms with Crippen molar-refractivity contribution in [1.82, 2.24) is 10.3 Å². The summed E-state index contributed by atoms with van der Waals surface area (Å²) in [5, 5.41) is 16.2. The molecule has 0 aliphatic rings. The number of rotatable bonds is 9. The molecule has 190 valence electrons. The van der Waals surface area contributed by atoms with E-state index in [0.29, 0.717) is 22.9 Å². The fraction of sp³-hybridized carbons (Fsp3) is 0.100. The lowest BCUT2D eigenvalue weighted by Crippen LogP contribution is -2.26. The molecule has 1 aromatic heterocycles. The maximum Gasteiger partial charge on any atom is 0.305 e. The quantitative estimate of drug-likeness (QED) is 0.225. The third-order valence-electron chi connectivity index (χ3n) is 6.09. The first-order valence-electron chi connectivity index (χ1n) is 12.0. The summed E-state index contributed by atoms with van der Waals surface area (Å²) in [6, 6.07) is 27.9. The van der Waals surface area contributed by atoms with Crippen LogP contribution in [-0.2, 0) is 11.3 Å². The maximum atomic E-state index is 14.9. The number of hydrogen-bond acceptors (Lipinski definition) is 5. The Morgan fingerprint density at radius 1 is 0.921 bits per heavy atom. The van der Waals surface area contributed by atoms with Gasteiger partial charge in [0.15, 0.2) is 5.13 Å². The molecule has 0 atom stereocenters. The van der Waals surface area contributed by atoms with E-state index >= 15 is 0 Å². The lowest BCUT2D eigenvalue weighted by atomic mass is 10.1. The fourth-order valence-electron chi connectivity index (χ4n) is 4.13. The zero-order chi connectivity index (χ0) is 26.5. The van der Waals surface area contributed by atoms with Crippen LogP contribution in [0.3, 0.4) is 0 Å². The molecular weight excluding hydrogens is 501 g/mol. The molecule has 5 aromatic rings. The normalized spacial score (nSPS) is 10.9. The van der Waals surface area contributed by atoms with E-state index in [2.05, 4.69) is 29.6 Å². The standard InChI is InChI=1S/C30H24FN3O3S/c31-25-7-3-4-8-27(25)34(18-20-9-11-22(12-10-20)29(37)32-16-15-28(35)36)30-33-26(19-38-30)24-14-13-21-5-1-2-6-23(21)17-24/h1-14,17,19H,15-16,18H2,(H,32,37)(H,35,36). The predicted molar refractivity (Wildman–Crippen MR) is 148 cm³/mol. The molecule has 0 aliphatic heterocycles. The molecule has 0 unspecified atom stereocenters. The number of nitrogens with one attached hydrogen (secondary N) is 1. The molecule has 0 radical (unpaired) electrons. The Kier molecular flexibility index (Phi) is 7.42. The Morgan fingerprint density at radius 2 is 1.66 bits per heavy atom. The van der Waals surface area contributed by atoms with E-state index in [1.165, 1.54) is 17.4 Å². The van der Waals surface area contributed by atoms with Gasteiger partial charge < -0.3 is 15.3 Å². The number of carbonyl (C=O) groups excluding carboxylic acids is 1. The molecule has 2 N–H and O–H groups in total. The van der Waals surface area contributed by atoms with Crippen LogP contribution in [0.2, 0.25) is 0 Å². The summed E-state index contributed by atoms with van der Waals surface area (Å²) < 4.78 is 14.9. The summed E-state index contributed by atoms with van der Waals surface area (Å²) in [6.45, 7) is 0.396. The third-order valence-corrected chi connectivity index (χ3v) is 6.96. The molecule has 0 bridgehead atoms. The average molecular weight is 526 g/mol. The minimum Gasteiger partial charge on any atom is -0.481 e. The van der Waals surface area contributed by atoms with Crippen molar-refractivity contribution in [2.24, 2.45) is 0 Å². The molecule has 6 nitrogen and oxygen atoms in total. The van der Waals surface area contributed by atoms with E-state index in [9.17, 15) is 14.0 Å². The summed E-state index contributed by atoms with van der Waals surface area (Å²) in [5.74, 6) is -1.67. The van der Waals surface area contributed by atoms with Crippen molar-refractivity contribution in [1.29, 1.82) is 0 Å². The topological polar surface area (TPSA) is 82.5 Å². The first kappa shape index (κ1) is 25.1. The average Bonchev–Trinajstić information content (AvgIpc) is 3.42. The maximum absolute atomic E-state index is 14.9. The Balaban J connectivity index is 1.40. The zero-order valence-corrected chi connectivity index (χ0v) is 21.1. The minimum absolute atomic E-state index is 0.0561. The monoisotopic (exact) mass is 525 g/mol. The number of thiazole rings is 1. The number of nitrogens with zero attached hydrogens (tertiary/aromatic N) is 2. The summed E-state index contributed by atoms with van der Waals surface area (Å²) >= 11 is 1.44. The summed E-state index contributed by atoms with van der Waals surface area (Å²) in [4.78, 5) is 29.7. The molecule has 0 spiro atoms. The van der Waals surface area contributed by atoms with Crippen LogP contribution >= 0.6 is 11.3 Å². The van der Waals surface area contributed by atoms with Crippen molar-refractivity contribution < 1.29 is 19.1 Å². The Bertz CT molecular complexity index is 1600. The van der Waals surface area contributed by atoms with Crippen molar-refractivity contribution in [3.8, 4) is 11.3 Å². The van der Waals surface area contributed by atoms with Crippen LogP contribution in [0.5, 0.6) is 0 Å². The summed E-state index contributed by atoms with van der Waals surface area (Å²) in [5.41, 5.74) is 3.48. The molecule has 1 amide bonds. The van der Waals surface area contributed by atoms with Gasteiger partial charge in [-0.15, -0.1) is 11.3 Å². The van der Waals surface area contributed by atoms with Crippen LogP contribution < -0.4 is 10.2 Å². The van der Waals surface area contributed by atoms with Gasteiger partial charge >= 0.3 is 5.97 Å². The van der Waals surface area contributed by atoms with Crippen molar-refractivity contribution in [2.75, 3.05) is 11.4 Å². The van der Waals surface area contributed by atoms with Crippen LogP contribution in [0.15, 0.2) is 96.4 Å². The highest BCUT2D eigenvalue weighted by Gasteiger charge is 2.18. The molecule has 4 aromatic carbocycles. The molecule has 8 heteroatoms. The second-order valence-electron chi connectivity index (χ2n) is 8.71. The number of amides is 1.